The van der Waals surface area contributed by atoms with Crippen molar-refractivity contribution in [2.24, 2.45) is 5.10 Å². The lowest BCUT2D eigenvalue weighted by Crippen LogP contribution is -2.24. The first-order valence-electron chi connectivity index (χ1n) is 9.56. The van der Waals surface area contributed by atoms with Gasteiger partial charge in [0.1, 0.15) is 0 Å². The maximum absolute atomic E-state index is 5.34. The largest absolute Gasteiger partial charge is 0.372 e. The highest BCUT2D eigenvalue weighted by molar-refractivity contribution is 7.80. The summed E-state index contributed by atoms with van der Waals surface area (Å²) in [6.07, 6.45) is 4.21. The van der Waals surface area contributed by atoms with Crippen molar-refractivity contribution in [2.75, 3.05) is 23.3 Å². The Hall–Kier alpha value is -2.40. The van der Waals surface area contributed by atoms with E-state index in [1.807, 2.05) is 6.07 Å². The van der Waals surface area contributed by atoms with Gasteiger partial charge in [-0.15, -0.1) is 0 Å². The summed E-state index contributed by atoms with van der Waals surface area (Å²) in [5.74, 6) is 0. The Kier molecular flexibility index (Phi) is 8.27. The molecule has 27 heavy (non-hydrogen) atoms. The fraction of sp³-hybridized carbons (Fsp3) is 0.364. The van der Waals surface area contributed by atoms with Gasteiger partial charge in [0.25, 0.3) is 0 Å². The maximum Gasteiger partial charge on any atom is 0.191 e. The summed E-state index contributed by atoms with van der Waals surface area (Å²) in [6.45, 7) is 10.7. The molecule has 2 aromatic carbocycles. The normalized spacial score (nSPS) is 10.8. The minimum absolute atomic E-state index is 0.483. The summed E-state index contributed by atoms with van der Waals surface area (Å²) in [7, 11) is 0. The van der Waals surface area contributed by atoms with Gasteiger partial charge in [-0.1, -0.05) is 43.7 Å². The molecule has 0 saturated heterocycles. The summed E-state index contributed by atoms with van der Waals surface area (Å²) in [6, 6.07) is 14.6. The van der Waals surface area contributed by atoms with Crippen LogP contribution in [0.1, 0.15) is 43.4 Å². The van der Waals surface area contributed by atoms with E-state index in [9.17, 15) is 0 Å². The van der Waals surface area contributed by atoms with Crippen LogP contribution in [0.2, 0.25) is 0 Å². The van der Waals surface area contributed by atoms with Gasteiger partial charge in [0.2, 0.25) is 0 Å². The fourth-order valence-corrected chi connectivity index (χ4v) is 3.06. The molecule has 0 fully saturated rings. The number of hydrogen-bond donors (Lipinski definition) is 2. The topological polar surface area (TPSA) is 39.7 Å². The smallest absolute Gasteiger partial charge is 0.191 e. The van der Waals surface area contributed by atoms with Gasteiger partial charge in [0, 0.05) is 24.5 Å². The predicted octanol–water partition coefficient (Wildman–Crippen LogP) is 5.25. The van der Waals surface area contributed by atoms with Crippen LogP contribution in [0.4, 0.5) is 11.4 Å². The predicted molar refractivity (Wildman–Crippen MR) is 122 cm³/mol. The van der Waals surface area contributed by atoms with Crippen molar-refractivity contribution in [3.8, 4) is 0 Å². The van der Waals surface area contributed by atoms with Gasteiger partial charge in [-0.2, -0.15) is 5.10 Å². The molecule has 0 aliphatic carbocycles. The second-order valence-corrected chi connectivity index (χ2v) is 7.02. The average molecular weight is 383 g/mol. The van der Waals surface area contributed by atoms with Gasteiger partial charge in [0.05, 0.1) is 6.21 Å². The van der Waals surface area contributed by atoms with E-state index in [2.05, 4.69) is 84.8 Å². The molecule has 0 aliphatic heterocycles. The fourth-order valence-electron chi connectivity index (χ4n) is 2.91. The summed E-state index contributed by atoms with van der Waals surface area (Å²) < 4.78 is 0. The first-order valence-corrected chi connectivity index (χ1v) is 9.97. The van der Waals surface area contributed by atoms with Gasteiger partial charge in [-0.3, -0.25) is 5.43 Å². The molecule has 0 spiro atoms. The minimum Gasteiger partial charge on any atom is -0.372 e. The van der Waals surface area contributed by atoms with Crippen LogP contribution in [-0.2, 0) is 0 Å². The van der Waals surface area contributed by atoms with Crippen LogP contribution in [-0.4, -0.2) is 24.4 Å². The number of nitrogens with zero attached hydrogens (tertiary/aromatic N) is 2. The molecule has 0 bridgehead atoms. The van der Waals surface area contributed by atoms with Crippen LogP contribution >= 0.6 is 12.2 Å². The minimum atomic E-state index is 0.483. The number of benzene rings is 2. The molecule has 0 heterocycles. The first-order chi connectivity index (χ1) is 13.0. The van der Waals surface area contributed by atoms with Crippen molar-refractivity contribution in [1.29, 1.82) is 0 Å². The first kappa shape index (κ1) is 20.9. The standard InChI is InChI=1S/C22H30N4S/c1-5-7-15-26(6-2)20-13-11-19(12-14-20)16-23-25-22(27)24-21-17(3)9-8-10-18(21)4/h8-14,16H,5-7,15H2,1-4H3,(H2,24,25,27). The molecule has 4 nitrogen and oxygen atoms in total. The number of hydrogen-bond acceptors (Lipinski definition) is 3. The van der Waals surface area contributed by atoms with Gasteiger partial charge in [-0.05, 0) is 68.2 Å². The molecule has 0 aromatic heterocycles. The molecule has 0 amide bonds. The lowest BCUT2D eigenvalue weighted by molar-refractivity contribution is 0.732. The Morgan fingerprint density at radius 2 is 1.74 bits per heavy atom. The third-order valence-electron chi connectivity index (χ3n) is 4.52. The van der Waals surface area contributed by atoms with E-state index in [0.717, 1.165) is 35.5 Å². The number of para-hydroxylation sites is 1. The Bertz CT molecular complexity index is 748. The van der Waals surface area contributed by atoms with Crippen LogP contribution in [0, 0.1) is 13.8 Å². The lowest BCUT2D eigenvalue weighted by atomic mass is 10.1. The van der Waals surface area contributed by atoms with E-state index >= 15 is 0 Å². The number of thiocarbonyl (C=S) groups is 1. The van der Waals surface area contributed by atoms with E-state index in [-0.39, 0.29) is 0 Å². The number of rotatable bonds is 8. The summed E-state index contributed by atoms with van der Waals surface area (Å²) in [5.41, 5.74) is 8.52. The number of hydrazone groups is 1. The van der Waals surface area contributed by atoms with E-state index in [0.29, 0.717) is 5.11 Å². The Balaban J connectivity index is 1.91. The Morgan fingerprint density at radius 3 is 2.33 bits per heavy atom. The van der Waals surface area contributed by atoms with Crippen LogP contribution in [0.5, 0.6) is 0 Å². The third kappa shape index (κ3) is 6.36. The van der Waals surface area contributed by atoms with Crippen LogP contribution < -0.4 is 15.6 Å². The van der Waals surface area contributed by atoms with E-state index < -0.39 is 0 Å². The number of anilines is 2. The molecular weight excluding hydrogens is 352 g/mol. The number of nitrogens with one attached hydrogen (secondary N) is 2. The van der Waals surface area contributed by atoms with Crippen molar-refractivity contribution in [1.82, 2.24) is 5.43 Å². The average Bonchev–Trinajstić information content (AvgIpc) is 2.66. The second-order valence-electron chi connectivity index (χ2n) is 6.62. The lowest BCUT2D eigenvalue weighted by Gasteiger charge is -2.22. The highest BCUT2D eigenvalue weighted by Crippen LogP contribution is 2.19. The summed E-state index contributed by atoms with van der Waals surface area (Å²) in [5, 5.41) is 7.95. The van der Waals surface area contributed by atoms with E-state index in [1.165, 1.54) is 18.5 Å². The highest BCUT2D eigenvalue weighted by atomic mass is 32.1. The number of unbranched alkanes of at least 4 members (excludes halogenated alkanes) is 1. The zero-order valence-electron chi connectivity index (χ0n) is 16.7. The van der Waals surface area contributed by atoms with Crippen molar-refractivity contribution in [2.45, 2.75) is 40.5 Å². The molecule has 144 valence electrons. The number of aryl methyl sites for hydroxylation is 2. The molecule has 0 radical (unpaired) electrons. The zero-order chi connectivity index (χ0) is 19.6. The zero-order valence-corrected chi connectivity index (χ0v) is 17.6. The molecule has 0 saturated carbocycles. The van der Waals surface area contributed by atoms with Gasteiger partial charge in [0.15, 0.2) is 5.11 Å². The second kappa shape index (κ2) is 10.7. The molecule has 2 N–H and O–H groups in total. The van der Waals surface area contributed by atoms with Gasteiger partial charge >= 0.3 is 0 Å². The summed E-state index contributed by atoms with van der Waals surface area (Å²) >= 11 is 5.34. The Morgan fingerprint density at radius 1 is 1.07 bits per heavy atom. The van der Waals surface area contributed by atoms with Crippen molar-refractivity contribution in [3.63, 3.8) is 0 Å². The van der Waals surface area contributed by atoms with E-state index in [1.54, 1.807) is 6.21 Å². The molecule has 0 atom stereocenters. The van der Waals surface area contributed by atoms with Crippen LogP contribution in [0.3, 0.4) is 0 Å². The van der Waals surface area contributed by atoms with Gasteiger partial charge in [-0.25, -0.2) is 0 Å². The quantitative estimate of drug-likeness (QED) is 0.372. The molecule has 0 unspecified atom stereocenters. The third-order valence-corrected chi connectivity index (χ3v) is 4.71. The molecule has 2 rings (SSSR count). The SMILES string of the molecule is CCCCN(CC)c1ccc(C=NNC(=S)Nc2c(C)cccc2C)cc1. The highest BCUT2D eigenvalue weighted by Gasteiger charge is 2.04. The molecule has 0 aliphatic rings. The molecule has 2 aromatic rings. The van der Waals surface area contributed by atoms with Crippen LogP contribution in [0.15, 0.2) is 47.6 Å². The molecular formula is C22H30N4S. The summed E-state index contributed by atoms with van der Waals surface area (Å²) in [4.78, 5) is 2.40. The van der Waals surface area contributed by atoms with E-state index in [4.69, 9.17) is 12.2 Å². The van der Waals surface area contributed by atoms with Gasteiger partial charge < -0.3 is 10.2 Å². The van der Waals surface area contributed by atoms with Crippen molar-refractivity contribution >= 4 is 34.9 Å². The maximum atomic E-state index is 5.34. The van der Waals surface area contributed by atoms with Crippen molar-refractivity contribution < 1.29 is 0 Å². The monoisotopic (exact) mass is 382 g/mol. The van der Waals surface area contributed by atoms with Crippen LogP contribution in [0.25, 0.3) is 0 Å². The Labute approximate surface area is 168 Å². The molecule has 5 heteroatoms. The van der Waals surface area contributed by atoms with Crippen molar-refractivity contribution in [3.05, 3.63) is 59.2 Å².